The van der Waals surface area contributed by atoms with Crippen molar-refractivity contribution in [2.75, 3.05) is 19.1 Å². The number of thioether (sulfide) groups is 1. The zero-order valence-electron chi connectivity index (χ0n) is 16.1. The number of nitrogens with zero attached hydrogens (tertiary/aromatic N) is 3. The third kappa shape index (κ3) is 4.38. The Hall–Kier alpha value is -2.58. The molecule has 0 saturated heterocycles. The molecule has 0 aliphatic carbocycles. The van der Waals surface area contributed by atoms with Gasteiger partial charge in [-0.05, 0) is 43.2 Å². The van der Waals surface area contributed by atoms with E-state index in [1.807, 2.05) is 38.1 Å². The number of aromatic nitrogens is 3. The Kier molecular flexibility index (Phi) is 5.73. The third-order valence-corrected chi connectivity index (χ3v) is 5.74. The van der Waals surface area contributed by atoms with Crippen LogP contribution < -0.4 is 20.1 Å². The molecule has 1 aliphatic heterocycles. The molecular formula is C20H21ClN4O3S. The molecule has 1 aromatic heterocycles. The molecule has 29 heavy (non-hydrogen) atoms. The first-order valence-electron chi connectivity index (χ1n) is 9.11. The number of fused-ring (bicyclic) bond motifs is 1. The molecule has 152 valence electrons. The standard InChI is InChI=1S/C20H21ClN4O3S/c1-12-3-4-16(13(2)7-12)28-10-18-23-24-20(25(18)22)29-11-14-8-15(21)19-17(9-14)26-5-6-27-19/h3-4,7-9H,5-6,10-11,22H2,1-2H3. The Morgan fingerprint density at radius 3 is 2.83 bits per heavy atom. The normalized spacial score (nSPS) is 12.8. The van der Waals surface area contributed by atoms with Gasteiger partial charge in [-0.3, -0.25) is 0 Å². The summed E-state index contributed by atoms with van der Waals surface area (Å²) < 4.78 is 18.5. The number of hydrogen-bond donors (Lipinski definition) is 1. The second-order valence-corrected chi connectivity index (χ2v) is 8.07. The van der Waals surface area contributed by atoms with Gasteiger partial charge in [-0.15, -0.1) is 10.2 Å². The first-order chi connectivity index (χ1) is 14.0. The molecule has 2 N–H and O–H groups in total. The summed E-state index contributed by atoms with van der Waals surface area (Å²) in [5.74, 6) is 9.38. The Bertz CT molecular complexity index is 1040. The van der Waals surface area contributed by atoms with Crippen LogP contribution in [0.1, 0.15) is 22.5 Å². The predicted molar refractivity (Wildman–Crippen MR) is 112 cm³/mol. The van der Waals surface area contributed by atoms with Gasteiger partial charge in [0.05, 0.1) is 5.02 Å². The second-order valence-electron chi connectivity index (χ2n) is 6.72. The smallest absolute Gasteiger partial charge is 0.210 e. The lowest BCUT2D eigenvalue weighted by molar-refractivity contribution is 0.171. The minimum absolute atomic E-state index is 0.240. The SMILES string of the molecule is Cc1ccc(OCc2nnc(SCc3cc(Cl)c4c(c3)OCCO4)n2N)c(C)c1. The van der Waals surface area contributed by atoms with Crippen LogP contribution >= 0.6 is 23.4 Å². The van der Waals surface area contributed by atoms with Crippen molar-refractivity contribution in [2.24, 2.45) is 0 Å². The topological polar surface area (TPSA) is 84.4 Å². The maximum absolute atomic E-state index is 6.30. The van der Waals surface area contributed by atoms with E-state index in [9.17, 15) is 0 Å². The third-order valence-electron chi connectivity index (χ3n) is 4.45. The van der Waals surface area contributed by atoms with Gasteiger partial charge in [0, 0.05) is 5.75 Å². The highest BCUT2D eigenvalue weighted by Crippen LogP contribution is 2.39. The number of nitrogen functional groups attached to an aromatic ring is 1. The zero-order valence-corrected chi connectivity index (χ0v) is 17.7. The van der Waals surface area contributed by atoms with E-state index in [0.29, 0.717) is 46.5 Å². The van der Waals surface area contributed by atoms with Gasteiger partial charge in [-0.2, -0.15) is 0 Å². The van der Waals surface area contributed by atoms with Gasteiger partial charge in [-0.25, -0.2) is 4.68 Å². The van der Waals surface area contributed by atoms with Crippen LogP contribution in [0, 0.1) is 13.8 Å². The molecule has 0 atom stereocenters. The van der Waals surface area contributed by atoms with E-state index in [4.69, 9.17) is 31.7 Å². The van der Waals surface area contributed by atoms with Crippen LogP contribution in [0.15, 0.2) is 35.5 Å². The molecule has 9 heteroatoms. The van der Waals surface area contributed by atoms with E-state index in [1.165, 1.54) is 22.0 Å². The van der Waals surface area contributed by atoms with Gasteiger partial charge >= 0.3 is 0 Å². The summed E-state index contributed by atoms with van der Waals surface area (Å²) in [5, 5.41) is 9.45. The van der Waals surface area contributed by atoms with Crippen molar-refractivity contribution < 1.29 is 14.2 Å². The highest BCUT2D eigenvalue weighted by Gasteiger charge is 2.18. The molecule has 0 fully saturated rings. The van der Waals surface area contributed by atoms with Gasteiger partial charge in [0.15, 0.2) is 17.3 Å². The van der Waals surface area contributed by atoms with Gasteiger partial charge < -0.3 is 20.1 Å². The molecule has 0 radical (unpaired) electrons. The van der Waals surface area contributed by atoms with Crippen molar-refractivity contribution in [3.63, 3.8) is 0 Å². The highest BCUT2D eigenvalue weighted by atomic mass is 35.5. The maximum Gasteiger partial charge on any atom is 0.210 e. The fourth-order valence-electron chi connectivity index (χ4n) is 3.00. The van der Waals surface area contributed by atoms with Crippen LogP contribution in [-0.4, -0.2) is 28.1 Å². The van der Waals surface area contributed by atoms with E-state index >= 15 is 0 Å². The summed E-state index contributed by atoms with van der Waals surface area (Å²) in [6.45, 7) is 5.32. The second kappa shape index (κ2) is 8.42. The fourth-order valence-corrected chi connectivity index (χ4v) is 4.10. The number of halogens is 1. The molecule has 0 saturated carbocycles. The lowest BCUT2D eigenvalue weighted by Crippen LogP contribution is -2.16. The van der Waals surface area contributed by atoms with E-state index in [-0.39, 0.29) is 6.61 Å². The average molecular weight is 433 g/mol. The quantitative estimate of drug-likeness (QED) is 0.467. The largest absolute Gasteiger partial charge is 0.486 e. The summed E-state index contributed by atoms with van der Waals surface area (Å²) >= 11 is 7.76. The number of aryl methyl sites for hydroxylation is 2. The van der Waals surface area contributed by atoms with E-state index in [2.05, 4.69) is 16.3 Å². The van der Waals surface area contributed by atoms with Crippen molar-refractivity contribution >= 4 is 23.4 Å². The average Bonchev–Trinajstić information content (AvgIpc) is 3.05. The highest BCUT2D eigenvalue weighted by molar-refractivity contribution is 7.98. The Morgan fingerprint density at radius 1 is 1.17 bits per heavy atom. The van der Waals surface area contributed by atoms with Crippen molar-refractivity contribution in [3.8, 4) is 17.2 Å². The number of nitrogens with two attached hydrogens (primary N) is 1. The van der Waals surface area contributed by atoms with Crippen molar-refractivity contribution in [3.05, 3.63) is 57.9 Å². The maximum atomic E-state index is 6.30. The molecule has 0 bridgehead atoms. The van der Waals surface area contributed by atoms with Crippen LogP contribution in [0.25, 0.3) is 0 Å². The van der Waals surface area contributed by atoms with Gasteiger partial charge in [0.25, 0.3) is 0 Å². The minimum atomic E-state index is 0.240. The summed E-state index contributed by atoms with van der Waals surface area (Å²) in [6, 6.07) is 9.82. The lowest BCUT2D eigenvalue weighted by Gasteiger charge is -2.20. The number of benzene rings is 2. The monoisotopic (exact) mass is 432 g/mol. The number of rotatable bonds is 6. The molecule has 0 spiro atoms. The lowest BCUT2D eigenvalue weighted by atomic mass is 10.1. The molecule has 7 nitrogen and oxygen atoms in total. The van der Waals surface area contributed by atoms with E-state index in [0.717, 1.165) is 16.9 Å². The predicted octanol–water partition coefficient (Wildman–Crippen LogP) is 3.90. The van der Waals surface area contributed by atoms with Crippen molar-refractivity contribution in [1.29, 1.82) is 0 Å². The minimum Gasteiger partial charge on any atom is -0.486 e. The molecule has 3 aromatic rings. The summed E-state index contributed by atoms with van der Waals surface area (Å²) in [6.07, 6.45) is 0. The van der Waals surface area contributed by atoms with Gasteiger partial charge in [0.1, 0.15) is 25.6 Å². The van der Waals surface area contributed by atoms with Gasteiger partial charge in [0.2, 0.25) is 5.16 Å². The summed E-state index contributed by atoms with van der Waals surface area (Å²) in [5.41, 5.74) is 3.24. The van der Waals surface area contributed by atoms with Gasteiger partial charge in [-0.1, -0.05) is 41.1 Å². The molecule has 0 amide bonds. The van der Waals surface area contributed by atoms with Crippen LogP contribution in [0.2, 0.25) is 5.02 Å². The van der Waals surface area contributed by atoms with Crippen LogP contribution in [0.3, 0.4) is 0 Å². The van der Waals surface area contributed by atoms with E-state index in [1.54, 1.807) is 0 Å². The zero-order chi connectivity index (χ0) is 20.4. The molecule has 4 rings (SSSR count). The number of ether oxygens (including phenoxy) is 3. The first kappa shape index (κ1) is 19.7. The first-order valence-corrected chi connectivity index (χ1v) is 10.5. The summed E-state index contributed by atoms with van der Waals surface area (Å²) in [4.78, 5) is 0. The molecule has 0 unspecified atom stereocenters. The Labute approximate surface area is 178 Å². The van der Waals surface area contributed by atoms with Crippen LogP contribution in [-0.2, 0) is 12.4 Å². The van der Waals surface area contributed by atoms with Crippen molar-refractivity contribution in [1.82, 2.24) is 14.9 Å². The Balaban J connectivity index is 1.40. The number of hydrogen-bond acceptors (Lipinski definition) is 7. The Morgan fingerprint density at radius 2 is 2.00 bits per heavy atom. The molecule has 2 aromatic carbocycles. The molecule has 2 heterocycles. The van der Waals surface area contributed by atoms with E-state index < -0.39 is 0 Å². The molecule has 1 aliphatic rings. The fraction of sp³-hybridized carbons (Fsp3) is 0.300. The molecular weight excluding hydrogens is 412 g/mol. The van der Waals surface area contributed by atoms with Crippen LogP contribution in [0.5, 0.6) is 17.2 Å². The van der Waals surface area contributed by atoms with Crippen molar-refractivity contribution in [2.45, 2.75) is 31.4 Å². The van der Waals surface area contributed by atoms with Crippen LogP contribution in [0.4, 0.5) is 0 Å². The summed E-state index contributed by atoms with van der Waals surface area (Å²) in [7, 11) is 0.